The summed E-state index contributed by atoms with van der Waals surface area (Å²) in [6.07, 6.45) is 3.50. The lowest BCUT2D eigenvalue weighted by atomic mass is 9.85. The van der Waals surface area contributed by atoms with E-state index in [0.717, 1.165) is 22.5 Å². The number of phenols is 1. The fourth-order valence-corrected chi connectivity index (χ4v) is 2.55. The first-order chi connectivity index (χ1) is 11.0. The summed E-state index contributed by atoms with van der Waals surface area (Å²) >= 11 is 0. The van der Waals surface area contributed by atoms with Crippen LogP contribution in [-0.2, 0) is 5.41 Å². The molecule has 2 heterocycles. The number of hydrogen-bond donors (Lipinski definition) is 1. The number of hydrogen-bond acceptors (Lipinski definition) is 3. The van der Waals surface area contributed by atoms with Crippen LogP contribution in [0.4, 0.5) is 0 Å². The van der Waals surface area contributed by atoms with Crippen molar-refractivity contribution in [2.45, 2.75) is 26.2 Å². The highest BCUT2D eigenvalue weighted by Gasteiger charge is 2.18. The maximum absolute atomic E-state index is 10.4. The monoisotopic (exact) mass is 304 g/mol. The highest BCUT2D eigenvalue weighted by atomic mass is 16.3. The van der Waals surface area contributed by atoms with Gasteiger partial charge in [-0.15, -0.1) is 0 Å². The molecule has 1 N–H and O–H groups in total. The van der Waals surface area contributed by atoms with Gasteiger partial charge in [-0.3, -0.25) is 9.97 Å². The molecule has 23 heavy (non-hydrogen) atoms. The van der Waals surface area contributed by atoms with Gasteiger partial charge >= 0.3 is 0 Å². The summed E-state index contributed by atoms with van der Waals surface area (Å²) in [6.45, 7) is 6.48. The Bertz CT molecular complexity index is 821. The standard InChI is InChI=1S/C20H20N2O/c1-20(2,3)14-9-10-18(23)16(13-14)15-7-6-12-22-19(15)17-8-4-5-11-21-17/h4-13,23H,1-3H3. The molecule has 0 spiro atoms. The summed E-state index contributed by atoms with van der Waals surface area (Å²) < 4.78 is 0. The minimum Gasteiger partial charge on any atom is -0.507 e. The van der Waals surface area contributed by atoms with Crippen LogP contribution in [-0.4, -0.2) is 15.1 Å². The fraction of sp³-hybridized carbons (Fsp3) is 0.200. The number of rotatable bonds is 2. The largest absolute Gasteiger partial charge is 0.507 e. The zero-order valence-corrected chi connectivity index (χ0v) is 13.6. The molecule has 0 amide bonds. The summed E-state index contributed by atoms with van der Waals surface area (Å²) in [5.74, 6) is 0.253. The van der Waals surface area contributed by atoms with Gasteiger partial charge < -0.3 is 5.11 Å². The van der Waals surface area contributed by atoms with Crippen molar-refractivity contribution in [3.8, 4) is 28.3 Å². The van der Waals surface area contributed by atoms with E-state index in [-0.39, 0.29) is 11.2 Å². The van der Waals surface area contributed by atoms with Crippen LogP contribution >= 0.6 is 0 Å². The summed E-state index contributed by atoms with van der Waals surface area (Å²) in [6, 6.07) is 15.4. The quantitative estimate of drug-likeness (QED) is 0.738. The summed E-state index contributed by atoms with van der Waals surface area (Å²) in [5, 5.41) is 10.4. The second kappa shape index (κ2) is 5.84. The van der Waals surface area contributed by atoms with E-state index in [0.29, 0.717) is 0 Å². The molecule has 3 heteroatoms. The molecule has 0 unspecified atom stereocenters. The molecule has 0 saturated heterocycles. The number of nitrogens with zero attached hydrogens (tertiary/aromatic N) is 2. The zero-order chi connectivity index (χ0) is 16.4. The number of aromatic nitrogens is 2. The Labute approximate surface area is 136 Å². The number of phenolic OH excluding ortho intramolecular Hbond substituents is 1. The van der Waals surface area contributed by atoms with Crippen LogP contribution in [0.15, 0.2) is 60.9 Å². The molecule has 3 aromatic rings. The van der Waals surface area contributed by atoms with E-state index in [1.54, 1.807) is 18.5 Å². The lowest BCUT2D eigenvalue weighted by Gasteiger charge is -2.21. The Balaban J connectivity index is 2.21. The first-order valence-corrected chi connectivity index (χ1v) is 7.67. The fourth-order valence-electron chi connectivity index (χ4n) is 2.55. The third-order valence-electron chi connectivity index (χ3n) is 3.87. The Morgan fingerprint density at radius 1 is 0.826 bits per heavy atom. The molecule has 0 radical (unpaired) electrons. The smallest absolute Gasteiger partial charge is 0.123 e. The Morgan fingerprint density at radius 3 is 2.30 bits per heavy atom. The van der Waals surface area contributed by atoms with Crippen LogP contribution in [0.5, 0.6) is 5.75 Å². The van der Waals surface area contributed by atoms with Crippen molar-refractivity contribution in [2.75, 3.05) is 0 Å². The molecule has 2 aromatic heterocycles. The first kappa shape index (κ1) is 15.2. The average molecular weight is 304 g/mol. The molecule has 0 saturated carbocycles. The van der Waals surface area contributed by atoms with E-state index in [2.05, 4.69) is 30.7 Å². The van der Waals surface area contributed by atoms with Gasteiger partial charge in [0.25, 0.3) is 0 Å². The third-order valence-corrected chi connectivity index (χ3v) is 3.87. The third kappa shape index (κ3) is 3.09. The summed E-state index contributed by atoms with van der Waals surface area (Å²) in [7, 11) is 0. The van der Waals surface area contributed by atoms with Gasteiger partial charge in [0.15, 0.2) is 0 Å². The van der Waals surface area contributed by atoms with E-state index < -0.39 is 0 Å². The first-order valence-electron chi connectivity index (χ1n) is 7.67. The minimum atomic E-state index is 0.00974. The van der Waals surface area contributed by atoms with Gasteiger partial charge in [-0.25, -0.2) is 0 Å². The van der Waals surface area contributed by atoms with Crippen molar-refractivity contribution in [3.05, 3.63) is 66.5 Å². The molecule has 0 fully saturated rings. The van der Waals surface area contributed by atoms with Gasteiger partial charge in [0.2, 0.25) is 0 Å². The topological polar surface area (TPSA) is 46.0 Å². The van der Waals surface area contributed by atoms with Crippen LogP contribution in [0.2, 0.25) is 0 Å². The van der Waals surface area contributed by atoms with Crippen molar-refractivity contribution >= 4 is 0 Å². The van der Waals surface area contributed by atoms with Crippen LogP contribution in [0.3, 0.4) is 0 Å². The Hall–Kier alpha value is -2.68. The molecule has 116 valence electrons. The molecule has 3 rings (SSSR count). The van der Waals surface area contributed by atoms with Gasteiger partial charge in [0.1, 0.15) is 5.75 Å². The van der Waals surface area contributed by atoms with Crippen molar-refractivity contribution in [2.24, 2.45) is 0 Å². The van der Waals surface area contributed by atoms with Crippen LogP contribution in [0, 0.1) is 0 Å². The van der Waals surface area contributed by atoms with E-state index in [1.165, 1.54) is 5.56 Å². The molecule has 0 aliphatic heterocycles. The number of aromatic hydroxyl groups is 1. The lowest BCUT2D eigenvalue weighted by Crippen LogP contribution is -2.10. The van der Waals surface area contributed by atoms with Crippen LogP contribution in [0.1, 0.15) is 26.3 Å². The second-order valence-electron chi connectivity index (χ2n) is 6.60. The van der Waals surface area contributed by atoms with Crippen LogP contribution in [0.25, 0.3) is 22.5 Å². The van der Waals surface area contributed by atoms with E-state index in [4.69, 9.17) is 0 Å². The normalized spacial score (nSPS) is 11.4. The van der Waals surface area contributed by atoms with Gasteiger partial charge in [-0.2, -0.15) is 0 Å². The van der Waals surface area contributed by atoms with Crippen molar-refractivity contribution in [3.63, 3.8) is 0 Å². The molecular weight excluding hydrogens is 284 g/mol. The van der Waals surface area contributed by atoms with E-state index >= 15 is 0 Å². The summed E-state index contributed by atoms with van der Waals surface area (Å²) in [5.41, 5.74) is 4.41. The number of pyridine rings is 2. The van der Waals surface area contributed by atoms with Gasteiger partial charge in [0.05, 0.1) is 11.4 Å². The molecular formula is C20H20N2O. The molecule has 0 aliphatic carbocycles. The highest BCUT2D eigenvalue weighted by molar-refractivity contribution is 5.82. The second-order valence-corrected chi connectivity index (χ2v) is 6.60. The maximum atomic E-state index is 10.4. The highest BCUT2D eigenvalue weighted by Crippen LogP contribution is 2.37. The molecule has 0 bridgehead atoms. The summed E-state index contributed by atoms with van der Waals surface area (Å²) in [4.78, 5) is 8.88. The molecule has 3 nitrogen and oxygen atoms in total. The lowest BCUT2D eigenvalue weighted by molar-refractivity contribution is 0.476. The molecule has 0 atom stereocenters. The Morgan fingerprint density at radius 2 is 1.61 bits per heavy atom. The predicted octanol–water partition coefficient (Wildman–Crippen LogP) is 4.81. The van der Waals surface area contributed by atoms with E-state index in [9.17, 15) is 5.11 Å². The van der Waals surface area contributed by atoms with Crippen LogP contribution < -0.4 is 0 Å². The van der Waals surface area contributed by atoms with E-state index in [1.807, 2.05) is 42.5 Å². The van der Waals surface area contributed by atoms with Gasteiger partial charge in [0, 0.05) is 23.5 Å². The predicted molar refractivity (Wildman–Crippen MR) is 93.3 cm³/mol. The van der Waals surface area contributed by atoms with Crippen molar-refractivity contribution in [1.82, 2.24) is 9.97 Å². The molecule has 1 aromatic carbocycles. The zero-order valence-electron chi connectivity index (χ0n) is 13.6. The van der Waals surface area contributed by atoms with Crippen molar-refractivity contribution in [1.29, 1.82) is 0 Å². The van der Waals surface area contributed by atoms with Gasteiger partial charge in [-0.05, 0) is 41.3 Å². The number of benzene rings is 1. The maximum Gasteiger partial charge on any atom is 0.123 e. The minimum absolute atomic E-state index is 0.00974. The SMILES string of the molecule is CC(C)(C)c1ccc(O)c(-c2cccnc2-c2ccccn2)c1. The Kier molecular flexibility index (Phi) is 3.87. The average Bonchev–Trinajstić information content (AvgIpc) is 2.55. The van der Waals surface area contributed by atoms with Gasteiger partial charge in [-0.1, -0.05) is 39.0 Å². The van der Waals surface area contributed by atoms with Crippen molar-refractivity contribution < 1.29 is 5.11 Å². The molecule has 0 aliphatic rings.